The normalized spacial score (nSPS) is 19.6. The zero-order valence-electron chi connectivity index (χ0n) is 16.5. The lowest BCUT2D eigenvalue weighted by Gasteiger charge is -2.23. The second-order valence-corrected chi connectivity index (χ2v) is 7.25. The van der Waals surface area contributed by atoms with Crippen LogP contribution in [-0.4, -0.2) is 41.6 Å². The summed E-state index contributed by atoms with van der Waals surface area (Å²) < 4.78 is 10.5. The molecule has 1 saturated heterocycles. The van der Waals surface area contributed by atoms with Crippen molar-refractivity contribution in [3.8, 4) is 0 Å². The van der Waals surface area contributed by atoms with Crippen molar-refractivity contribution >= 4 is 18.0 Å². The molecule has 0 unspecified atom stereocenters. The first kappa shape index (κ1) is 20.7. The van der Waals surface area contributed by atoms with E-state index in [1.54, 1.807) is 44.2 Å². The van der Waals surface area contributed by atoms with Gasteiger partial charge in [-0.15, -0.1) is 0 Å². The minimum atomic E-state index is -0.609. The Bertz CT molecular complexity index is 725. The quantitative estimate of drug-likeness (QED) is 0.560. The molecule has 1 aromatic rings. The van der Waals surface area contributed by atoms with Crippen LogP contribution in [0, 0.1) is 11.8 Å². The van der Waals surface area contributed by atoms with Crippen molar-refractivity contribution in [3.05, 3.63) is 47.5 Å². The van der Waals surface area contributed by atoms with Gasteiger partial charge in [-0.05, 0) is 31.9 Å². The molecule has 0 bridgehead atoms. The monoisotopic (exact) mass is 373 g/mol. The topological polar surface area (TPSA) is 72.9 Å². The average Bonchev–Trinajstić information content (AvgIpc) is 3.03. The van der Waals surface area contributed by atoms with Crippen molar-refractivity contribution in [1.82, 2.24) is 4.90 Å². The van der Waals surface area contributed by atoms with Crippen molar-refractivity contribution in [2.75, 3.05) is 6.61 Å². The van der Waals surface area contributed by atoms with E-state index < -0.39 is 18.2 Å². The number of benzene rings is 1. The van der Waals surface area contributed by atoms with Gasteiger partial charge in [0.25, 0.3) is 5.91 Å². The third kappa shape index (κ3) is 4.96. The van der Waals surface area contributed by atoms with E-state index >= 15 is 0 Å². The van der Waals surface area contributed by atoms with Gasteiger partial charge in [0.1, 0.15) is 12.7 Å². The maximum absolute atomic E-state index is 12.7. The second-order valence-electron chi connectivity index (χ2n) is 7.25. The second kappa shape index (κ2) is 8.84. The summed E-state index contributed by atoms with van der Waals surface area (Å²) in [5, 5.41) is 0. The number of ether oxygens (including phenoxy) is 2. The van der Waals surface area contributed by atoms with E-state index in [4.69, 9.17) is 9.47 Å². The van der Waals surface area contributed by atoms with E-state index in [1.165, 1.54) is 4.90 Å². The first-order chi connectivity index (χ1) is 12.7. The number of cyclic esters (lactones) is 1. The van der Waals surface area contributed by atoms with Crippen LogP contribution in [0.5, 0.6) is 0 Å². The van der Waals surface area contributed by atoms with Crippen LogP contribution < -0.4 is 0 Å². The number of imide groups is 1. The Morgan fingerprint density at radius 1 is 1.19 bits per heavy atom. The van der Waals surface area contributed by atoms with Gasteiger partial charge in [-0.1, -0.05) is 45.0 Å². The minimum absolute atomic E-state index is 0.108. The lowest BCUT2D eigenvalue weighted by Crippen LogP contribution is -2.42. The van der Waals surface area contributed by atoms with Gasteiger partial charge in [-0.2, -0.15) is 0 Å². The summed E-state index contributed by atoms with van der Waals surface area (Å²) in [5.41, 5.74) is 0.905. The average molecular weight is 373 g/mol. The maximum Gasteiger partial charge on any atom is 0.417 e. The standard InChI is InChI=1S/C21H27NO5/c1-13(2)18-12-26-21(25)22(18)19(23)15(4)11-14(3)16(5)27-20(24)17-9-7-6-8-10-17/h6-11,13-14,16,18H,12H2,1-5H3/b15-11+/t14-,16-,18+/m1/s1. The van der Waals surface area contributed by atoms with E-state index in [2.05, 4.69) is 0 Å². The van der Waals surface area contributed by atoms with Crippen molar-refractivity contribution < 1.29 is 23.9 Å². The molecule has 0 spiro atoms. The van der Waals surface area contributed by atoms with Gasteiger partial charge in [0.05, 0.1) is 11.6 Å². The summed E-state index contributed by atoms with van der Waals surface area (Å²) in [6.07, 6.45) is 0.698. The smallest absolute Gasteiger partial charge is 0.417 e. The van der Waals surface area contributed by atoms with Gasteiger partial charge in [0, 0.05) is 11.5 Å². The Kier molecular flexibility index (Phi) is 6.77. The molecule has 0 N–H and O–H groups in total. The Hall–Kier alpha value is -2.63. The zero-order valence-corrected chi connectivity index (χ0v) is 16.5. The summed E-state index contributed by atoms with van der Waals surface area (Å²) in [4.78, 5) is 38.0. The molecule has 2 rings (SSSR count). The Labute approximate surface area is 160 Å². The molecule has 1 aliphatic heterocycles. The Morgan fingerprint density at radius 3 is 2.41 bits per heavy atom. The van der Waals surface area contributed by atoms with Gasteiger partial charge in [0.15, 0.2) is 0 Å². The third-order valence-corrected chi connectivity index (χ3v) is 4.79. The van der Waals surface area contributed by atoms with Crippen molar-refractivity contribution in [2.45, 2.75) is 46.8 Å². The molecule has 146 valence electrons. The molecule has 6 nitrogen and oxygen atoms in total. The fourth-order valence-electron chi connectivity index (χ4n) is 2.87. The van der Waals surface area contributed by atoms with Crippen LogP contribution in [0.4, 0.5) is 4.79 Å². The Balaban J connectivity index is 2.04. The molecule has 2 amide bonds. The molecule has 27 heavy (non-hydrogen) atoms. The van der Waals surface area contributed by atoms with Crippen LogP contribution in [0.2, 0.25) is 0 Å². The summed E-state index contributed by atoms with van der Waals surface area (Å²) in [6.45, 7) is 9.41. The third-order valence-electron chi connectivity index (χ3n) is 4.79. The summed E-state index contributed by atoms with van der Waals surface area (Å²) >= 11 is 0. The predicted octanol–water partition coefficient (Wildman–Crippen LogP) is 3.82. The van der Waals surface area contributed by atoms with E-state index in [-0.39, 0.29) is 30.4 Å². The molecule has 1 aromatic carbocycles. The highest BCUT2D eigenvalue weighted by molar-refractivity contribution is 6.03. The summed E-state index contributed by atoms with van der Waals surface area (Å²) in [5.74, 6) is -0.867. The van der Waals surface area contributed by atoms with Crippen molar-refractivity contribution in [2.24, 2.45) is 11.8 Å². The number of rotatable bonds is 6. The molecule has 1 fully saturated rings. The highest BCUT2D eigenvalue weighted by atomic mass is 16.6. The number of hydrogen-bond donors (Lipinski definition) is 0. The first-order valence-electron chi connectivity index (χ1n) is 9.17. The minimum Gasteiger partial charge on any atom is -0.458 e. The van der Waals surface area contributed by atoms with E-state index in [9.17, 15) is 14.4 Å². The van der Waals surface area contributed by atoms with Crippen molar-refractivity contribution in [3.63, 3.8) is 0 Å². The molecule has 0 aromatic heterocycles. The number of hydrogen-bond acceptors (Lipinski definition) is 5. The van der Waals surface area contributed by atoms with E-state index in [1.807, 2.05) is 26.8 Å². The van der Waals surface area contributed by atoms with Gasteiger partial charge < -0.3 is 9.47 Å². The Morgan fingerprint density at radius 2 is 1.81 bits per heavy atom. The molecular weight excluding hydrogens is 346 g/mol. The SMILES string of the molecule is C/C(=C\[C@@H](C)[C@@H](C)OC(=O)c1ccccc1)C(=O)N1C(=O)OC[C@H]1C(C)C. The van der Waals surface area contributed by atoms with Gasteiger partial charge in [-0.3, -0.25) is 4.79 Å². The lowest BCUT2D eigenvalue weighted by molar-refractivity contribution is -0.125. The molecule has 0 aliphatic carbocycles. The number of carbonyl (C=O) groups excluding carboxylic acids is 3. The molecule has 3 atom stereocenters. The highest BCUT2D eigenvalue weighted by Crippen LogP contribution is 2.23. The van der Waals surface area contributed by atoms with Crippen LogP contribution in [0.25, 0.3) is 0 Å². The number of nitrogens with zero attached hydrogens (tertiary/aromatic N) is 1. The molecule has 0 saturated carbocycles. The number of carbonyl (C=O) groups is 3. The molecule has 1 heterocycles. The van der Waals surface area contributed by atoms with Gasteiger partial charge in [0.2, 0.25) is 0 Å². The lowest BCUT2D eigenvalue weighted by atomic mass is 10.0. The number of esters is 1. The summed E-state index contributed by atoms with van der Waals surface area (Å²) in [6, 6.07) is 8.48. The first-order valence-corrected chi connectivity index (χ1v) is 9.17. The van der Waals surface area contributed by atoms with E-state index in [0.717, 1.165) is 0 Å². The van der Waals surface area contributed by atoms with Crippen LogP contribution in [0.3, 0.4) is 0 Å². The fraction of sp³-hybridized carbons (Fsp3) is 0.476. The number of amides is 2. The van der Waals surface area contributed by atoms with Crippen LogP contribution in [0.1, 0.15) is 45.0 Å². The van der Waals surface area contributed by atoms with Crippen LogP contribution in [-0.2, 0) is 14.3 Å². The van der Waals surface area contributed by atoms with Crippen LogP contribution in [0.15, 0.2) is 42.0 Å². The van der Waals surface area contributed by atoms with Crippen LogP contribution >= 0.6 is 0 Å². The molecule has 6 heteroatoms. The van der Waals surface area contributed by atoms with Gasteiger partial charge in [-0.25, -0.2) is 14.5 Å². The summed E-state index contributed by atoms with van der Waals surface area (Å²) in [7, 11) is 0. The molecule has 0 radical (unpaired) electrons. The molecular formula is C21H27NO5. The zero-order chi connectivity index (χ0) is 20.1. The fourth-order valence-corrected chi connectivity index (χ4v) is 2.87. The largest absolute Gasteiger partial charge is 0.458 e. The maximum atomic E-state index is 12.7. The predicted molar refractivity (Wildman–Crippen MR) is 101 cm³/mol. The van der Waals surface area contributed by atoms with E-state index in [0.29, 0.717) is 11.1 Å². The van der Waals surface area contributed by atoms with Crippen molar-refractivity contribution in [1.29, 1.82) is 0 Å². The van der Waals surface area contributed by atoms with Gasteiger partial charge >= 0.3 is 12.1 Å². The molecule has 1 aliphatic rings. The highest BCUT2D eigenvalue weighted by Gasteiger charge is 2.40.